The zero-order chi connectivity index (χ0) is 12.3. The van der Waals surface area contributed by atoms with E-state index in [4.69, 9.17) is 9.52 Å². The fourth-order valence-corrected chi connectivity index (χ4v) is 1.46. The molecule has 0 saturated carbocycles. The fraction of sp³-hybridized carbons (Fsp3) is 0.636. The summed E-state index contributed by atoms with van der Waals surface area (Å²) in [5, 5.41) is 12.0. The van der Waals surface area contributed by atoms with Crippen LogP contribution in [0.2, 0.25) is 0 Å². The Bertz CT molecular complexity index is 360. The molecule has 0 amide bonds. The van der Waals surface area contributed by atoms with Crippen LogP contribution in [0.15, 0.2) is 10.6 Å². The highest BCUT2D eigenvalue weighted by Crippen LogP contribution is 2.14. The molecule has 0 aliphatic rings. The minimum Gasteiger partial charge on any atom is -0.480 e. The zero-order valence-electron chi connectivity index (χ0n) is 10.0. The number of aliphatic carboxylic acids is 1. The Balaban J connectivity index is 2.68. The second-order valence-corrected chi connectivity index (χ2v) is 4.26. The molecule has 5 heteroatoms. The molecule has 1 heterocycles. The van der Waals surface area contributed by atoms with Crippen LogP contribution < -0.4 is 5.32 Å². The average molecular weight is 226 g/mol. The molecule has 1 aromatic heterocycles. The van der Waals surface area contributed by atoms with Gasteiger partial charge in [-0.25, -0.2) is 4.98 Å². The predicted molar refractivity (Wildman–Crippen MR) is 59.1 cm³/mol. The van der Waals surface area contributed by atoms with Crippen molar-refractivity contribution < 1.29 is 14.3 Å². The van der Waals surface area contributed by atoms with Crippen molar-refractivity contribution in [1.82, 2.24) is 10.3 Å². The Morgan fingerprint density at radius 3 is 2.50 bits per heavy atom. The molecule has 0 aromatic carbocycles. The van der Waals surface area contributed by atoms with Crippen molar-refractivity contribution in [3.05, 3.63) is 17.8 Å². The van der Waals surface area contributed by atoms with Crippen LogP contribution in [-0.2, 0) is 4.79 Å². The summed E-state index contributed by atoms with van der Waals surface area (Å²) < 4.78 is 5.34. The first-order valence-corrected chi connectivity index (χ1v) is 5.33. The van der Waals surface area contributed by atoms with Crippen LogP contribution in [0, 0.1) is 12.8 Å². The maximum atomic E-state index is 11.0. The predicted octanol–water partition coefficient (Wildman–Crippen LogP) is 1.74. The average Bonchev–Trinajstić information content (AvgIpc) is 2.59. The quantitative estimate of drug-likeness (QED) is 0.799. The minimum atomic E-state index is -0.856. The van der Waals surface area contributed by atoms with E-state index in [2.05, 4.69) is 10.3 Å². The largest absolute Gasteiger partial charge is 0.480 e. The van der Waals surface area contributed by atoms with Crippen molar-refractivity contribution in [1.29, 1.82) is 0 Å². The van der Waals surface area contributed by atoms with E-state index in [9.17, 15) is 4.79 Å². The SMILES string of the molecule is Cc1cnc(C(C)NC(C(=O)O)C(C)C)o1. The van der Waals surface area contributed by atoms with Gasteiger partial charge in [-0.2, -0.15) is 0 Å². The summed E-state index contributed by atoms with van der Waals surface area (Å²) in [7, 11) is 0. The Hall–Kier alpha value is -1.36. The third-order valence-corrected chi connectivity index (χ3v) is 2.37. The van der Waals surface area contributed by atoms with Crippen LogP contribution in [0.1, 0.15) is 38.5 Å². The Kier molecular flexibility index (Phi) is 4.06. The first kappa shape index (κ1) is 12.7. The second kappa shape index (κ2) is 5.12. The molecule has 1 aromatic rings. The van der Waals surface area contributed by atoms with Gasteiger partial charge in [0, 0.05) is 0 Å². The lowest BCUT2D eigenvalue weighted by Gasteiger charge is -2.21. The molecule has 0 spiro atoms. The van der Waals surface area contributed by atoms with Gasteiger partial charge in [0.05, 0.1) is 12.2 Å². The van der Waals surface area contributed by atoms with E-state index in [0.717, 1.165) is 5.76 Å². The molecular weight excluding hydrogens is 208 g/mol. The number of carboxylic acids is 1. The number of carbonyl (C=O) groups is 1. The lowest BCUT2D eigenvalue weighted by atomic mass is 10.0. The van der Waals surface area contributed by atoms with Gasteiger partial charge in [-0.1, -0.05) is 13.8 Å². The smallest absolute Gasteiger partial charge is 0.320 e. The maximum absolute atomic E-state index is 11.0. The van der Waals surface area contributed by atoms with Crippen molar-refractivity contribution in [2.45, 2.75) is 39.8 Å². The van der Waals surface area contributed by atoms with Crippen LogP contribution in [0.3, 0.4) is 0 Å². The number of hydrogen-bond acceptors (Lipinski definition) is 4. The number of nitrogens with zero attached hydrogens (tertiary/aromatic N) is 1. The molecule has 0 saturated heterocycles. The second-order valence-electron chi connectivity index (χ2n) is 4.26. The standard InChI is InChI=1S/C11H18N2O3/c1-6(2)9(11(14)15)13-8(4)10-12-5-7(3)16-10/h5-6,8-9,13H,1-4H3,(H,14,15). The van der Waals surface area contributed by atoms with E-state index in [1.54, 1.807) is 13.1 Å². The van der Waals surface area contributed by atoms with Crippen molar-refractivity contribution in [3.63, 3.8) is 0 Å². The fourth-order valence-electron chi connectivity index (χ4n) is 1.46. The summed E-state index contributed by atoms with van der Waals surface area (Å²) in [6, 6.07) is -0.806. The normalized spacial score (nSPS) is 15.1. The third-order valence-electron chi connectivity index (χ3n) is 2.37. The molecule has 0 aliphatic heterocycles. The van der Waals surface area contributed by atoms with Gasteiger partial charge in [0.2, 0.25) is 5.89 Å². The van der Waals surface area contributed by atoms with E-state index < -0.39 is 12.0 Å². The van der Waals surface area contributed by atoms with Crippen molar-refractivity contribution in [2.75, 3.05) is 0 Å². The monoisotopic (exact) mass is 226 g/mol. The number of nitrogens with one attached hydrogen (secondary N) is 1. The topological polar surface area (TPSA) is 75.4 Å². The highest BCUT2D eigenvalue weighted by molar-refractivity contribution is 5.73. The summed E-state index contributed by atoms with van der Waals surface area (Å²) >= 11 is 0. The Morgan fingerprint density at radius 1 is 1.50 bits per heavy atom. The van der Waals surface area contributed by atoms with Gasteiger partial charge in [0.1, 0.15) is 11.8 Å². The molecule has 1 rings (SSSR count). The van der Waals surface area contributed by atoms with Crippen molar-refractivity contribution in [3.8, 4) is 0 Å². The van der Waals surface area contributed by atoms with Crippen LogP contribution in [-0.4, -0.2) is 22.1 Å². The van der Waals surface area contributed by atoms with Gasteiger partial charge in [-0.15, -0.1) is 0 Å². The number of hydrogen-bond donors (Lipinski definition) is 2. The molecule has 0 bridgehead atoms. The molecular formula is C11H18N2O3. The molecule has 16 heavy (non-hydrogen) atoms. The highest BCUT2D eigenvalue weighted by Gasteiger charge is 2.25. The van der Waals surface area contributed by atoms with Crippen LogP contribution in [0.4, 0.5) is 0 Å². The lowest BCUT2D eigenvalue weighted by molar-refractivity contribution is -0.140. The van der Waals surface area contributed by atoms with Gasteiger partial charge in [-0.05, 0) is 19.8 Å². The van der Waals surface area contributed by atoms with Gasteiger partial charge in [0.25, 0.3) is 0 Å². The van der Waals surface area contributed by atoms with Crippen molar-refractivity contribution >= 4 is 5.97 Å². The van der Waals surface area contributed by atoms with Crippen molar-refractivity contribution in [2.24, 2.45) is 5.92 Å². The molecule has 0 radical (unpaired) electrons. The van der Waals surface area contributed by atoms with Gasteiger partial charge in [0.15, 0.2) is 0 Å². The summed E-state index contributed by atoms with van der Waals surface area (Å²) in [4.78, 5) is 15.1. The first-order valence-electron chi connectivity index (χ1n) is 5.33. The molecule has 0 fully saturated rings. The molecule has 5 nitrogen and oxygen atoms in total. The highest BCUT2D eigenvalue weighted by atomic mass is 16.4. The molecule has 90 valence electrons. The molecule has 2 N–H and O–H groups in total. The summed E-state index contributed by atoms with van der Waals surface area (Å²) in [6.45, 7) is 7.36. The van der Waals surface area contributed by atoms with Gasteiger partial charge < -0.3 is 9.52 Å². The number of aryl methyl sites for hydroxylation is 1. The van der Waals surface area contributed by atoms with Crippen LogP contribution >= 0.6 is 0 Å². The number of rotatable bonds is 5. The van der Waals surface area contributed by atoms with E-state index >= 15 is 0 Å². The minimum absolute atomic E-state index is 0.0102. The summed E-state index contributed by atoms with van der Waals surface area (Å²) in [5.74, 6) is 0.394. The lowest BCUT2D eigenvalue weighted by Crippen LogP contribution is -2.42. The van der Waals surface area contributed by atoms with Crippen LogP contribution in [0.5, 0.6) is 0 Å². The Morgan fingerprint density at radius 2 is 2.12 bits per heavy atom. The molecule has 2 unspecified atom stereocenters. The van der Waals surface area contributed by atoms with Gasteiger partial charge in [-0.3, -0.25) is 10.1 Å². The van der Waals surface area contributed by atoms with E-state index in [1.165, 1.54) is 0 Å². The number of carboxylic acid groups (broad SMARTS) is 1. The van der Waals surface area contributed by atoms with E-state index in [1.807, 2.05) is 20.8 Å². The Labute approximate surface area is 94.9 Å². The molecule has 2 atom stereocenters. The number of oxazole rings is 1. The first-order chi connectivity index (χ1) is 7.41. The summed E-state index contributed by atoms with van der Waals surface area (Å²) in [5.41, 5.74) is 0. The number of aromatic nitrogens is 1. The van der Waals surface area contributed by atoms with Gasteiger partial charge >= 0.3 is 5.97 Å². The molecule has 0 aliphatic carbocycles. The maximum Gasteiger partial charge on any atom is 0.320 e. The van der Waals surface area contributed by atoms with Crippen LogP contribution in [0.25, 0.3) is 0 Å². The summed E-state index contributed by atoms with van der Waals surface area (Å²) in [6.07, 6.45) is 1.62. The van der Waals surface area contributed by atoms with E-state index in [-0.39, 0.29) is 12.0 Å². The third kappa shape index (κ3) is 3.06. The van der Waals surface area contributed by atoms with E-state index in [0.29, 0.717) is 5.89 Å². The zero-order valence-corrected chi connectivity index (χ0v) is 10.0.